The summed E-state index contributed by atoms with van der Waals surface area (Å²) < 4.78 is 0. The van der Waals surface area contributed by atoms with E-state index in [2.05, 4.69) is 10.6 Å². The number of hydrogen-bond acceptors (Lipinski definition) is 3. The maximum atomic E-state index is 12.1. The molecule has 0 fully saturated rings. The van der Waals surface area contributed by atoms with Gasteiger partial charge in [-0.2, -0.15) is 0 Å². The van der Waals surface area contributed by atoms with E-state index in [1.165, 1.54) is 0 Å². The fraction of sp³-hybridized carbons (Fsp3) is 0.471. The molecule has 0 saturated heterocycles. The lowest BCUT2D eigenvalue weighted by Crippen LogP contribution is -3.11. The van der Waals surface area contributed by atoms with Crippen molar-refractivity contribution in [3.63, 3.8) is 0 Å². The topological polar surface area (TPSA) is 83.0 Å². The number of nitrogens with one attached hydrogen (secondary N) is 3. The lowest BCUT2D eigenvalue weighted by atomic mass is 10.2. The van der Waals surface area contributed by atoms with Crippen LogP contribution in [0.5, 0.6) is 0 Å². The Kier molecular flexibility index (Phi) is 7.91. The molecule has 7 nitrogen and oxygen atoms in total. The minimum atomic E-state index is -0.174. The van der Waals surface area contributed by atoms with Crippen LogP contribution in [0.3, 0.4) is 0 Å². The number of rotatable bonds is 8. The third-order valence-electron chi connectivity index (χ3n) is 3.69. The second-order valence-electron chi connectivity index (χ2n) is 5.58. The number of hydrogen-bond donors (Lipinski definition) is 3. The zero-order chi connectivity index (χ0) is 18.1. The van der Waals surface area contributed by atoms with E-state index < -0.39 is 0 Å². The highest BCUT2D eigenvalue weighted by Gasteiger charge is 2.17. The van der Waals surface area contributed by atoms with Gasteiger partial charge < -0.3 is 20.4 Å². The molecule has 0 aliphatic carbocycles. The van der Waals surface area contributed by atoms with E-state index in [1.54, 1.807) is 36.2 Å². The van der Waals surface area contributed by atoms with Gasteiger partial charge in [0.25, 0.3) is 17.7 Å². The zero-order valence-corrected chi connectivity index (χ0v) is 14.8. The molecule has 0 bridgehead atoms. The molecule has 0 aliphatic heterocycles. The Bertz CT molecular complexity index is 568. The molecule has 1 atom stereocenters. The van der Waals surface area contributed by atoms with Crippen molar-refractivity contribution in [1.29, 1.82) is 0 Å². The summed E-state index contributed by atoms with van der Waals surface area (Å²) in [6.45, 7) is 5.70. The van der Waals surface area contributed by atoms with Crippen LogP contribution >= 0.6 is 0 Å². The van der Waals surface area contributed by atoms with Crippen molar-refractivity contribution in [2.24, 2.45) is 0 Å². The molecule has 0 aromatic heterocycles. The van der Waals surface area contributed by atoms with Crippen LogP contribution in [0, 0.1) is 0 Å². The maximum Gasteiger partial charge on any atom is 0.279 e. The van der Waals surface area contributed by atoms with Gasteiger partial charge in [0.05, 0.1) is 7.05 Å². The summed E-state index contributed by atoms with van der Waals surface area (Å²) in [5.74, 6) is -0.306. The summed E-state index contributed by atoms with van der Waals surface area (Å²) in [5, 5.41) is 5.31. The molecule has 1 aromatic carbocycles. The smallest absolute Gasteiger partial charge is 0.279 e. The Morgan fingerprint density at radius 1 is 1.04 bits per heavy atom. The Morgan fingerprint density at radius 3 is 2.12 bits per heavy atom. The van der Waals surface area contributed by atoms with E-state index in [-0.39, 0.29) is 30.8 Å². The van der Waals surface area contributed by atoms with Crippen molar-refractivity contribution in [1.82, 2.24) is 10.2 Å². The molecule has 1 unspecified atom stereocenters. The number of amides is 3. The molecule has 24 heavy (non-hydrogen) atoms. The van der Waals surface area contributed by atoms with Gasteiger partial charge in [0.2, 0.25) is 0 Å². The second-order valence-corrected chi connectivity index (χ2v) is 5.58. The highest BCUT2D eigenvalue weighted by molar-refractivity contribution is 5.95. The average molecular weight is 335 g/mol. The molecule has 0 heterocycles. The summed E-state index contributed by atoms with van der Waals surface area (Å²) in [4.78, 5) is 38.1. The van der Waals surface area contributed by atoms with Gasteiger partial charge in [-0.3, -0.25) is 14.4 Å². The van der Waals surface area contributed by atoms with Crippen LogP contribution < -0.4 is 15.5 Å². The molecule has 0 saturated carbocycles. The Morgan fingerprint density at radius 2 is 1.62 bits per heavy atom. The van der Waals surface area contributed by atoms with Gasteiger partial charge in [0.1, 0.15) is 0 Å². The van der Waals surface area contributed by atoms with Gasteiger partial charge >= 0.3 is 0 Å². The van der Waals surface area contributed by atoms with E-state index >= 15 is 0 Å². The Hall–Kier alpha value is -2.41. The number of quaternary nitrogens is 1. The van der Waals surface area contributed by atoms with Crippen LogP contribution in [-0.4, -0.2) is 62.9 Å². The van der Waals surface area contributed by atoms with E-state index in [1.807, 2.05) is 20.9 Å². The predicted molar refractivity (Wildman–Crippen MR) is 93.0 cm³/mol. The SMILES string of the molecule is CCN(CC)C(=O)C[NH+](C)CC(=O)Nc1ccc(C(=O)NC)cc1. The zero-order valence-electron chi connectivity index (χ0n) is 14.8. The van der Waals surface area contributed by atoms with Gasteiger partial charge in [0.15, 0.2) is 13.1 Å². The number of anilines is 1. The molecule has 1 aromatic rings. The molecule has 0 aliphatic rings. The van der Waals surface area contributed by atoms with Gasteiger partial charge in [0, 0.05) is 31.4 Å². The molecule has 3 amide bonds. The normalized spacial score (nSPS) is 11.5. The molecule has 132 valence electrons. The third-order valence-corrected chi connectivity index (χ3v) is 3.69. The first-order chi connectivity index (χ1) is 11.4. The summed E-state index contributed by atoms with van der Waals surface area (Å²) in [7, 11) is 3.38. The van der Waals surface area contributed by atoms with Crippen LogP contribution in [0.1, 0.15) is 24.2 Å². The molecule has 1 rings (SSSR count). The first-order valence-corrected chi connectivity index (χ1v) is 8.12. The minimum Gasteiger partial charge on any atom is -0.355 e. The highest BCUT2D eigenvalue weighted by Crippen LogP contribution is 2.09. The highest BCUT2D eigenvalue weighted by atomic mass is 16.2. The summed E-state index contributed by atoms with van der Waals surface area (Å²) >= 11 is 0. The van der Waals surface area contributed by atoms with Crippen LogP contribution in [0.2, 0.25) is 0 Å². The van der Waals surface area contributed by atoms with E-state index in [9.17, 15) is 14.4 Å². The van der Waals surface area contributed by atoms with Crippen LogP contribution in [0.4, 0.5) is 5.69 Å². The summed E-state index contributed by atoms with van der Waals surface area (Å²) in [6.07, 6.45) is 0. The van der Waals surface area contributed by atoms with Crippen LogP contribution in [-0.2, 0) is 9.59 Å². The number of carbonyl (C=O) groups excluding carboxylic acids is 3. The molecular formula is C17H27N4O3+. The fourth-order valence-corrected chi connectivity index (χ4v) is 2.34. The minimum absolute atomic E-state index is 0.0419. The standard InChI is InChI=1S/C17H26N4O3/c1-5-21(6-2)16(23)12-20(4)11-15(22)19-14-9-7-13(8-10-14)17(24)18-3/h7-10H,5-6,11-12H2,1-4H3,(H,18,24)(H,19,22)/p+1. The number of carbonyl (C=O) groups is 3. The molecule has 7 heteroatoms. The number of likely N-dealkylation sites (N-methyl/N-ethyl adjacent to an activating group) is 2. The average Bonchev–Trinajstić information content (AvgIpc) is 2.55. The van der Waals surface area contributed by atoms with Gasteiger partial charge in [-0.1, -0.05) is 0 Å². The molecular weight excluding hydrogens is 308 g/mol. The van der Waals surface area contributed by atoms with Gasteiger partial charge in [-0.15, -0.1) is 0 Å². The van der Waals surface area contributed by atoms with Crippen molar-refractivity contribution in [2.75, 3.05) is 45.6 Å². The summed E-state index contributed by atoms with van der Waals surface area (Å²) in [5.41, 5.74) is 1.15. The van der Waals surface area contributed by atoms with E-state index in [0.717, 1.165) is 4.90 Å². The first kappa shape index (κ1) is 19.6. The quantitative estimate of drug-likeness (QED) is 0.591. The Labute approximate surface area is 143 Å². The lowest BCUT2D eigenvalue weighted by molar-refractivity contribution is -0.862. The molecule has 0 spiro atoms. The Balaban J connectivity index is 2.50. The van der Waals surface area contributed by atoms with Crippen molar-refractivity contribution in [2.45, 2.75) is 13.8 Å². The van der Waals surface area contributed by atoms with E-state index in [0.29, 0.717) is 24.3 Å². The van der Waals surface area contributed by atoms with Crippen LogP contribution in [0.15, 0.2) is 24.3 Å². The first-order valence-electron chi connectivity index (χ1n) is 8.12. The predicted octanol–water partition coefficient (Wildman–Crippen LogP) is -0.632. The monoisotopic (exact) mass is 335 g/mol. The van der Waals surface area contributed by atoms with Crippen LogP contribution in [0.25, 0.3) is 0 Å². The third kappa shape index (κ3) is 6.00. The number of benzene rings is 1. The maximum absolute atomic E-state index is 12.1. The second kappa shape index (κ2) is 9.67. The van der Waals surface area contributed by atoms with Gasteiger partial charge in [-0.25, -0.2) is 0 Å². The van der Waals surface area contributed by atoms with Crippen molar-refractivity contribution in [3.05, 3.63) is 29.8 Å². The summed E-state index contributed by atoms with van der Waals surface area (Å²) in [6, 6.07) is 6.65. The molecule has 0 radical (unpaired) electrons. The van der Waals surface area contributed by atoms with Crippen molar-refractivity contribution >= 4 is 23.4 Å². The fourth-order valence-electron chi connectivity index (χ4n) is 2.34. The van der Waals surface area contributed by atoms with E-state index in [4.69, 9.17) is 0 Å². The number of nitrogens with zero attached hydrogens (tertiary/aromatic N) is 1. The van der Waals surface area contributed by atoms with Crippen molar-refractivity contribution < 1.29 is 19.3 Å². The van der Waals surface area contributed by atoms with Gasteiger partial charge in [-0.05, 0) is 38.1 Å². The molecule has 3 N–H and O–H groups in total. The van der Waals surface area contributed by atoms with Crippen molar-refractivity contribution in [3.8, 4) is 0 Å². The lowest BCUT2D eigenvalue weighted by Gasteiger charge is -2.20. The largest absolute Gasteiger partial charge is 0.355 e.